The van der Waals surface area contributed by atoms with E-state index in [-0.39, 0.29) is 5.75 Å². The maximum atomic E-state index is 11.8. The molecule has 0 fully saturated rings. The summed E-state index contributed by atoms with van der Waals surface area (Å²) in [5, 5.41) is 3.23. The van der Waals surface area contributed by atoms with Gasteiger partial charge in [-0.1, -0.05) is 12.8 Å². The summed E-state index contributed by atoms with van der Waals surface area (Å²) >= 11 is 1.69. The van der Waals surface area contributed by atoms with Gasteiger partial charge in [0.2, 0.25) is 0 Å². The molecule has 3 nitrogen and oxygen atoms in total. The monoisotopic (exact) mass is 297 g/mol. The zero-order valence-electron chi connectivity index (χ0n) is 11.1. The highest BCUT2D eigenvalue weighted by atomic mass is 32.2. The van der Waals surface area contributed by atoms with Crippen LogP contribution in [-0.4, -0.2) is 32.2 Å². The fourth-order valence-electron chi connectivity index (χ4n) is 1.57. The first-order chi connectivity index (χ1) is 9.10. The average molecular weight is 297 g/mol. The number of rotatable bonds is 8. The fourth-order valence-corrected chi connectivity index (χ4v) is 3.40. The number of benzene rings is 1. The molecule has 0 saturated heterocycles. The molecular weight excluding hydrogens is 278 g/mol. The Morgan fingerprint density at radius 3 is 2.58 bits per heavy atom. The van der Waals surface area contributed by atoms with Crippen molar-refractivity contribution in [1.82, 2.24) is 0 Å². The number of nitrogens with one attached hydrogen (secondary N) is 1. The van der Waals surface area contributed by atoms with Crippen molar-refractivity contribution < 1.29 is 8.42 Å². The normalized spacial score (nSPS) is 10.9. The van der Waals surface area contributed by atoms with Crippen molar-refractivity contribution in [3.05, 3.63) is 24.3 Å². The SMILES string of the molecule is C#CCSCCNc1ccc(S(=O)(=O)CCC)cc1. The third kappa shape index (κ3) is 5.58. The summed E-state index contributed by atoms with van der Waals surface area (Å²) in [7, 11) is -3.11. The quantitative estimate of drug-likeness (QED) is 0.592. The minimum absolute atomic E-state index is 0.197. The van der Waals surface area contributed by atoms with E-state index in [4.69, 9.17) is 6.42 Å². The van der Waals surface area contributed by atoms with Crippen molar-refractivity contribution in [2.24, 2.45) is 0 Å². The number of anilines is 1. The summed E-state index contributed by atoms with van der Waals surface area (Å²) in [6, 6.07) is 6.91. The number of sulfone groups is 1. The molecular formula is C14H19NO2S2. The predicted molar refractivity (Wildman–Crippen MR) is 83.4 cm³/mol. The molecule has 0 amide bonds. The lowest BCUT2D eigenvalue weighted by molar-refractivity contribution is 0.595. The second-order valence-electron chi connectivity index (χ2n) is 4.03. The van der Waals surface area contributed by atoms with Gasteiger partial charge in [0.1, 0.15) is 0 Å². The van der Waals surface area contributed by atoms with Gasteiger partial charge in [-0.3, -0.25) is 0 Å². The lowest BCUT2D eigenvalue weighted by Crippen LogP contribution is -2.07. The molecule has 1 aromatic carbocycles. The molecule has 1 N–H and O–H groups in total. The van der Waals surface area contributed by atoms with E-state index in [9.17, 15) is 8.42 Å². The van der Waals surface area contributed by atoms with Crippen molar-refractivity contribution in [2.45, 2.75) is 18.2 Å². The maximum Gasteiger partial charge on any atom is 0.178 e. The van der Waals surface area contributed by atoms with Crippen molar-refractivity contribution in [3.63, 3.8) is 0 Å². The summed E-state index contributed by atoms with van der Waals surface area (Å²) in [4.78, 5) is 0.390. The van der Waals surface area contributed by atoms with Crippen LogP contribution in [0.15, 0.2) is 29.2 Å². The molecule has 0 unspecified atom stereocenters. The van der Waals surface area contributed by atoms with E-state index in [1.165, 1.54) is 0 Å². The Hall–Kier alpha value is -1.12. The molecule has 0 bridgehead atoms. The Bertz CT molecular complexity index is 515. The van der Waals surface area contributed by atoms with Crippen molar-refractivity contribution in [3.8, 4) is 12.3 Å². The van der Waals surface area contributed by atoms with Gasteiger partial charge in [-0.2, -0.15) is 0 Å². The van der Waals surface area contributed by atoms with Crippen LogP contribution in [-0.2, 0) is 9.84 Å². The molecule has 0 heterocycles. The molecule has 19 heavy (non-hydrogen) atoms. The van der Waals surface area contributed by atoms with Crippen LogP contribution in [0.3, 0.4) is 0 Å². The zero-order valence-corrected chi connectivity index (χ0v) is 12.7. The first-order valence-corrected chi connectivity index (χ1v) is 8.98. The van der Waals surface area contributed by atoms with Gasteiger partial charge >= 0.3 is 0 Å². The highest BCUT2D eigenvalue weighted by Crippen LogP contribution is 2.16. The van der Waals surface area contributed by atoms with E-state index < -0.39 is 9.84 Å². The van der Waals surface area contributed by atoms with Crippen molar-refractivity contribution >= 4 is 27.3 Å². The minimum Gasteiger partial charge on any atom is -0.384 e. The number of hydrogen-bond acceptors (Lipinski definition) is 4. The highest BCUT2D eigenvalue weighted by molar-refractivity contribution is 7.99. The molecule has 104 valence electrons. The molecule has 1 rings (SSSR count). The van der Waals surface area contributed by atoms with Gasteiger partial charge in [0.05, 0.1) is 16.4 Å². The maximum absolute atomic E-state index is 11.8. The van der Waals surface area contributed by atoms with E-state index in [1.807, 2.05) is 6.92 Å². The third-order valence-corrected chi connectivity index (χ3v) is 5.25. The second kappa shape index (κ2) is 8.13. The first-order valence-electron chi connectivity index (χ1n) is 6.18. The second-order valence-corrected chi connectivity index (χ2v) is 7.24. The summed E-state index contributed by atoms with van der Waals surface area (Å²) < 4.78 is 23.7. The van der Waals surface area contributed by atoms with E-state index in [0.29, 0.717) is 11.3 Å². The Balaban J connectivity index is 2.51. The van der Waals surface area contributed by atoms with Gasteiger partial charge in [0, 0.05) is 18.0 Å². The largest absolute Gasteiger partial charge is 0.384 e. The molecule has 0 radical (unpaired) electrons. The number of thioether (sulfide) groups is 1. The Kier molecular flexibility index (Phi) is 6.82. The molecule has 0 saturated carbocycles. The van der Waals surface area contributed by atoms with Gasteiger partial charge in [-0.05, 0) is 30.7 Å². The van der Waals surface area contributed by atoms with Gasteiger partial charge < -0.3 is 5.32 Å². The van der Waals surface area contributed by atoms with Gasteiger partial charge in [0.25, 0.3) is 0 Å². The van der Waals surface area contributed by atoms with Crippen LogP contribution in [0.1, 0.15) is 13.3 Å². The minimum atomic E-state index is -3.11. The molecule has 5 heteroatoms. The molecule has 1 aromatic rings. The van der Waals surface area contributed by atoms with Crippen LogP contribution >= 0.6 is 11.8 Å². The Labute approximate surface area is 120 Å². The molecule has 0 aliphatic heterocycles. The third-order valence-electron chi connectivity index (χ3n) is 2.45. The van der Waals surface area contributed by atoms with E-state index in [2.05, 4.69) is 11.2 Å². The van der Waals surface area contributed by atoms with E-state index >= 15 is 0 Å². The van der Waals surface area contributed by atoms with Crippen LogP contribution in [0.5, 0.6) is 0 Å². The van der Waals surface area contributed by atoms with Gasteiger partial charge in [0.15, 0.2) is 9.84 Å². The smallest absolute Gasteiger partial charge is 0.178 e. The summed E-state index contributed by atoms with van der Waals surface area (Å²) in [6.45, 7) is 2.68. The van der Waals surface area contributed by atoms with Crippen LogP contribution < -0.4 is 5.32 Å². The fraction of sp³-hybridized carbons (Fsp3) is 0.429. The van der Waals surface area contributed by atoms with E-state index in [1.54, 1.807) is 36.0 Å². The van der Waals surface area contributed by atoms with Gasteiger partial charge in [-0.15, -0.1) is 18.2 Å². The lowest BCUT2D eigenvalue weighted by Gasteiger charge is -2.07. The highest BCUT2D eigenvalue weighted by Gasteiger charge is 2.12. The van der Waals surface area contributed by atoms with Crippen LogP contribution in [0.4, 0.5) is 5.69 Å². The number of terminal acetylenes is 1. The Morgan fingerprint density at radius 1 is 1.32 bits per heavy atom. The molecule has 0 aromatic heterocycles. The van der Waals surface area contributed by atoms with Crippen molar-refractivity contribution in [1.29, 1.82) is 0 Å². The summed E-state index contributed by atoms with van der Waals surface area (Å²) in [6.07, 6.45) is 5.79. The van der Waals surface area contributed by atoms with Crippen LogP contribution in [0.25, 0.3) is 0 Å². The predicted octanol–water partition coefficient (Wildman–Crippen LogP) is 2.65. The molecule has 0 aliphatic rings. The summed E-state index contributed by atoms with van der Waals surface area (Å²) in [5.74, 6) is 4.42. The lowest BCUT2D eigenvalue weighted by atomic mass is 10.3. The van der Waals surface area contributed by atoms with E-state index in [0.717, 1.165) is 23.7 Å². The molecule has 0 spiro atoms. The first kappa shape index (κ1) is 15.9. The Morgan fingerprint density at radius 2 is 2.00 bits per heavy atom. The standard InChI is InChI=1S/C14H19NO2S2/c1-3-10-18-11-9-15-13-5-7-14(8-6-13)19(16,17)12-4-2/h1,5-8,15H,4,9-12H2,2H3. The molecule has 0 aliphatic carbocycles. The van der Waals surface area contributed by atoms with Crippen molar-refractivity contribution in [2.75, 3.05) is 29.1 Å². The average Bonchev–Trinajstić information content (AvgIpc) is 2.39. The van der Waals surface area contributed by atoms with Gasteiger partial charge in [-0.25, -0.2) is 8.42 Å². The molecule has 0 atom stereocenters. The zero-order chi connectivity index (χ0) is 14.1. The van der Waals surface area contributed by atoms with Crippen LogP contribution in [0.2, 0.25) is 0 Å². The summed E-state index contributed by atoms with van der Waals surface area (Å²) in [5.41, 5.74) is 0.928. The van der Waals surface area contributed by atoms with Crippen LogP contribution in [0, 0.1) is 12.3 Å². The topological polar surface area (TPSA) is 46.2 Å². The number of hydrogen-bond donors (Lipinski definition) is 1.